The first-order valence-electron chi connectivity index (χ1n) is 6.06. The van der Waals surface area contributed by atoms with Crippen molar-refractivity contribution in [3.05, 3.63) is 41.8 Å². The molecule has 21 heavy (non-hydrogen) atoms. The van der Waals surface area contributed by atoms with Crippen molar-refractivity contribution < 1.29 is 22.4 Å². The van der Waals surface area contributed by atoms with E-state index in [1.807, 2.05) is 0 Å². The Morgan fingerprint density at radius 1 is 1.33 bits per heavy atom. The van der Waals surface area contributed by atoms with Crippen LogP contribution in [-0.2, 0) is 4.79 Å². The Morgan fingerprint density at radius 2 is 2.10 bits per heavy atom. The summed E-state index contributed by atoms with van der Waals surface area (Å²) in [5.41, 5.74) is 0.116. The van der Waals surface area contributed by atoms with E-state index in [1.54, 1.807) is 0 Å². The molecule has 0 saturated heterocycles. The first-order chi connectivity index (χ1) is 9.86. The van der Waals surface area contributed by atoms with Crippen molar-refractivity contribution in [1.29, 1.82) is 0 Å². The van der Waals surface area contributed by atoms with E-state index in [9.17, 15) is 22.4 Å². The number of carbonyl (C=O) groups is 1. The minimum absolute atomic E-state index is 0.0702. The zero-order valence-corrected chi connectivity index (χ0v) is 10.5. The Morgan fingerprint density at radius 3 is 2.76 bits per heavy atom. The summed E-state index contributed by atoms with van der Waals surface area (Å²) in [6, 6.07) is 5.22. The monoisotopic (exact) mass is 299 g/mol. The molecule has 1 aromatic heterocycles. The van der Waals surface area contributed by atoms with Crippen LogP contribution in [0, 0.1) is 5.82 Å². The van der Waals surface area contributed by atoms with Crippen LogP contribution >= 0.6 is 0 Å². The van der Waals surface area contributed by atoms with E-state index >= 15 is 0 Å². The van der Waals surface area contributed by atoms with Gasteiger partial charge in [-0.05, 0) is 18.2 Å². The number of hydrogen-bond donors (Lipinski definition) is 1. The second-order valence-electron chi connectivity index (χ2n) is 4.69. The molecule has 0 fully saturated rings. The van der Waals surface area contributed by atoms with Gasteiger partial charge in [-0.3, -0.25) is 4.79 Å². The highest BCUT2D eigenvalue weighted by Gasteiger charge is 2.46. The molecule has 0 spiro atoms. The number of nitrogens with zero attached hydrogens (tertiary/aromatic N) is 2. The molecule has 2 heterocycles. The third kappa shape index (κ3) is 2.37. The first-order valence-corrected chi connectivity index (χ1v) is 6.06. The van der Waals surface area contributed by atoms with Crippen LogP contribution in [0.3, 0.4) is 0 Å². The van der Waals surface area contributed by atoms with Crippen LogP contribution in [0.5, 0.6) is 0 Å². The van der Waals surface area contributed by atoms with E-state index in [1.165, 1.54) is 18.2 Å². The molecule has 0 bridgehead atoms. The van der Waals surface area contributed by atoms with Crippen molar-refractivity contribution in [2.45, 2.75) is 18.5 Å². The molecule has 1 aromatic carbocycles. The minimum Gasteiger partial charge on any atom is -0.310 e. The van der Waals surface area contributed by atoms with Gasteiger partial charge >= 0.3 is 6.18 Å². The Balaban J connectivity index is 2.12. The number of amides is 1. The summed E-state index contributed by atoms with van der Waals surface area (Å²) in [7, 11) is 0. The summed E-state index contributed by atoms with van der Waals surface area (Å²) >= 11 is 0. The highest BCUT2D eigenvalue weighted by Crippen LogP contribution is 2.43. The fourth-order valence-corrected chi connectivity index (χ4v) is 2.32. The van der Waals surface area contributed by atoms with Crippen molar-refractivity contribution in [3.63, 3.8) is 0 Å². The van der Waals surface area contributed by atoms with E-state index in [4.69, 9.17) is 0 Å². The van der Waals surface area contributed by atoms with Crippen LogP contribution in [0.1, 0.15) is 17.9 Å². The van der Waals surface area contributed by atoms with Crippen molar-refractivity contribution >= 4 is 11.7 Å². The number of fused-ring (bicyclic) bond motifs is 1. The average molecular weight is 299 g/mol. The summed E-state index contributed by atoms with van der Waals surface area (Å²) in [6.07, 6.45) is -4.16. The standard InChI is InChI=1S/C13H9F4N3O/c14-7-2-1-3-8(4-7)20-12-9(6-18-20)10(13(15,16)17)5-11(21)19-12/h1-4,6,10H,5H2,(H,19,21). The lowest BCUT2D eigenvalue weighted by Crippen LogP contribution is -2.31. The topological polar surface area (TPSA) is 46.9 Å². The molecule has 1 atom stereocenters. The van der Waals surface area contributed by atoms with Gasteiger partial charge in [0.1, 0.15) is 11.6 Å². The molecule has 2 aromatic rings. The fourth-order valence-electron chi connectivity index (χ4n) is 2.32. The van der Waals surface area contributed by atoms with Crippen LogP contribution in [0.15, 0.2) is 30.5 Å². The maximum absolute atomic E-state index is 13.2. The second kappa shape index (κ2) is 4.57. The highest BCUT2D eigenvalue weighted by molar-refractivity contribution is 5.94. The highest BCUT2D eigenvalue weighted by atomic mass is 19.4. The second-order valence-corrected chi connectivity index (χ2v) is 4.69. The summed E-state index contributed by atoms with van der Waals surface area (Å²) < 4.78 is 53.3. The number of carbonyl (C=O) groups excluding carboxylic acids is 1. The van der Waals surface area contributed by atoms with E-state index in [0.717, 1.165) is 16.9 Å². The van der Waals surface area contributed by atoms with E-state index < -0.39 is 30.2 Å². The van der Waals surface area contributed by atoms with Crippen molar-refractivity contribution in [2.24, 2.45) is 0 Å². The maximum atomic E-state index is 13.2. The number of aromatic nitrogens is 2. The number of halogens is 4. The van der Waals surface area contributed by atoms with Crippen molar-refractivity contribution in [1.82, 2.24) is 9.78 Å². The molecule has 1 unspecified atom stereocenters. The van der Waals surface area contributed by atoms with Gasteiger partial charge in [0.15, 0.2) is 0 Å². The number of rotatable bonds is 1. The van der Waals surface area contributed by atoms with Gasteiger partial charge in [-0.15, -0.1) is 0 Å². The molecular weight excluding hydrogens is 290 g/mol. The Kier molecular flexibility index (Phi) is 2.96. The molecule has 8 heteroatoms. The van der Waals surface area contributed by atoms with Crippen LogP contribution in [0.25, 0.3) is 5.69 Å². The van der Waals surface area contributed by atoms with Crippen LogP contribution < -0.4 is 5.32 Å². The molecule has 0 radical (unpaired) electrons. The van der Waals surface area contributed by atoms with Crippen LogP contribution in [-0.4, -0.2) is 21.9 Å². The molecule has 0 saturated carbocycles. The molecular formula is C13H9F4N3O. The van der Waals surface area contributed by atoms with Gasteiger partial charge in [0.2, 0.25) is 5.91 Å². The van der Waals surface area contributed by atoms with E-state index in [-0.39, 0.29) is 17.1 Å². The Bertz CT molecular complexity index is 708. The zero-order valence-electron chi connectivity index (χ0n) is 10.5. The van der Waals surface area contributed by atoms with Crippen LogP contribution in [0.2, 0.25) is 0 Å². The number of nitrogens with one attached hydrogen (secondary N) is 1. The van der Waals surface area contributed by atoms with Gasteiger partial charge in [-0.2, -0.15) is 18.3 Å². The molecule has 1 N–H and O–H groups in total. The summed E-state index contributed by atoms with van der Waals surface area (Å²) in [5, 5.41) is 6.21. The predicted octanol–water partition coefficient (Wildman–Crippen LogP) is 3.00. The quantitative estimate of drug-likeness (QED) is 0.823. The van der Waals surface area contributed by atoms with Gasteiger partial charge in [0.05, 0.1) is 17.8 Å². The van der Waals surface area contributed by atoms with Crippen molar-refractivity contribution in [2.75, 3.05) is 5.32 Å². The smallest absolute Gasteiger partial charge is 0.310 e. The average Bonchev–Trinajstić information content (AvgIpc) is 2.80. The summed E-state index contributed by atoms with van der Waals surface area (Å²) in [4.78, 5) is 11.5. The first kappa shape index (κ1) is 13.6. The molecule has 3 rings (SSSR count). The largest absolute Gasteiger partial charge is 0.396 e. The van der Waals surface area contributed by atoms with Gasteiger partial charge in [-0.1, -0.05) is 6.07 Å². The molecule has 1 aliphatic heterocycles. The molecule has 0 aliphatic carbocycles. The molecule has 110 valence electrons. The Hall–Kier alpha value is -2.38. The predicted molar refractivity (Wildman–Crippen MR) is 65.6 cm³/mol. The van der Waals surface area contributed by atoms with Gasteiger partial charge < -0.3 is 5.32 Å². The number of alkyl halides is 3. The summed E-state index contributed by atoms with van der Waals surface area (Å²) in [5.74, 6) is -3.27. The number of hydrogen-bond acceptors (Lipinski definition) is 2. The van der Waals surface area contributed by atoms with Crippen molar-refractivity contribution in [3.8, 4) is 5.69 Å². The Labute approximate surface area is 116 Å². The zero-order chi connectivity index (χ0) is 15.2. The van der Waals surface area contributed by atoms with Gasteiger partial charge in [0, 0.05) is 12.0 Å². The van der Waals surface area contributed by atoms with E-state index in [0.29, 0.717) is 0 Å². The third-order valence-electron chi connectivity index (χ3n) is 3.27. The van der Waals surface area contributed by atoms with Gasteiger partial charge in [0.25, 0.3) is 0 Å². The fraction of sp³-hybridized carbons (Fsp3) is 0.231. The van der Waals surface area contributed by atoms with Crippen LogP contribution in [0.4, 0.5) is 23.4 Å². The van der Waals surface area contributed by atoms with Gasteiger partial charge in [-0.25, -0.2) is 9.07 Å². The van der Waals surface area contributed by atoms with E-state index in [2.05, 4.69) is 10.4 Å². The summed E-state index contributed by atoms with van der Waals surface area (Å²) in [6.45, 7) is 0. The lowest BCUT2D eigenvalue weighted by molar-refractivity contribution is -0.156. The lowest BCUT2D eigenvalue weighted by Gasteiger charge is -2.25. The lowest BCUT2D eigenvalue weighted by atomic mass is 9.94. The SMILES string of the molecule is O=C1CC(C(F)(F)F)c2cnn(-c3cccc(F)c3)c2N1. The molecule has 1 amide bonds. The normalized spacial score (nSPS) is 18.3. The minimum atomic E-state index is -4.54. The third-order valence-corrected chi connectivity index (χ3v) is 3.27. The molecule has 4 nitrogen and oxygen atoms in total. The number of benzene rings is 1. The number of anilines is 1. The molecule has 1 aliphatic rings. The maximum Gasteiger partial charge on any atom is 0.396 e.